The summed E-state index contributed by atoms with van der Waals surface area (Å²) in [5.41, 5.74) is 0.623. The number of ether oxygens (including phenoxy) is 10. The smallest absolute Gasteiger partial charge is 0.338 e. The topological polar surface area (TPSA) is 239 Å². The Balaban J connectivity index is 1.08. The maximum atomic E-state index is 14.3. The van der Waals surface area contributed by atoms with Gasteiger partial charge in [-0.25, -0.2) is 33.6 Å². The summed E-state index contributed by atoms with van der Waals surface area (Å²) in [5, 5.41) is 0. The Morgan fingerprint density at radius 3 is 0.905 bits per heavy atom. The summed E-state index contributed by atoms with van der Waals surface area (Å²) >= 11 is 0. The van der Waals surface area contributed by atoms with Crippen molar-refractivity contribution in [3.8, 4) is 0 Å². The first-order valence-corrected chi connectivity index (χ1v) is 27.3. The summed E-state index contributed by atoms with van der Waals surface area (Å²) in [7, 11) is -0.340. The van der Waals surface area contributed by atoms with Crippen LogP contribution < -0.4 is 0 Å². The molecule has 0 bridgehead atoms. The minimum atomic E-state index is -2.79. The quantitative estimate of drug-likeness (QED) is 0.0349. The predicted octanol–water partition coefficient (Wildman–Crippen LogP) is 9.20. The van der Waals surface area contributed by atoms with Crippen molar-refractivity contribution in [3.05, 3.63) is 251 Å². The molecule has 84 heavy (non-hydrogen) atoms. The number of esters is 7. The van der Waals surface area contributed by atoms with Crippen LogP contribution in [0.25, 0.3) is 0 Å². The van der Waals surface area contributed by atoms with Gasteiger partial charge in [-0.2, -0.15) is 0 Å². The van der Waals surface area contributed by atoms with Gasteiger partial charge in [0.25, 0.3) is 0 Å². The molecule has 2 fully saturated rings. The molecule has 0 amide bonds. The number of rotatable bonds is 22. The van der Waals surface area contributed by atoms with Crippen LogP contribution in [0.5, 0.6) is 0 Å². The summed E-state index contributed by atoms with van der Waals surface area (Å²) in [6.45, 7) is -1.32. The van der Waals surface area contributed by atoms with Crippen LogP contribution in [0.2, 0.25) is 0 Å². The second-order valence-corrected chi connectivity index (χ2v) is 19.8. The standard InChI is InChI=1S/C63H55O20P/c1-71-62-53(81-60(69)45-34-20-8-21-35-45)51(79-58(67)43-30-16-6-17-31-43)50(78-57(66)42-28-14-5-15-29-42)48(75-62)39-74-84(72-2)83-63-54(82-61(70)46-36-22-9-23-37-46)52(80-59(68)44-32-18-7-19-33-44)49(77-56(65)41-26-12-4-13-27-41)47(76-63)38-73-55(64)40-24-10-3-11-25-40/h3-37,47-54,62-63H,38-39H2,1-2H3/t47-,48-,49-,50+,51+,52+,53-,54+,62+,63-,84?/m1/s1. The first kappa shape index (κ1) is 59.6. The van der Waals surface area contributed by atoms with Gasteiger partial charge in [-0.1, -0.05) is 127 Å². The van der Waals surface area contributed by atoms with Crippen LogP contribution in [-0.4, -0.2) is 131 Å². The highest BCUT2D eigenvalue weighted by molar-refractivity contribution is 7.41. The lowest BCUT2D eigenvalue weighted by Gasteiger charge is -2.45. The Labute approximate surface area is 483 Å². The van der Waals surface area contributed by atoms with Gasteiger partial charge in [-0.3, -0.25) is 4.52 Å². The van der Waals surface area contributed by atoms with Crippen molar-refractivity contribution in [1.82, 2.24) is 0 Å². The second kappa shape index (κ2) is 29.3. The van der Waals surface area contributed by atoms with Crippen LogP contribution in [0.4, 0.5) is 0 Å². The molecule has 2 heterocycles. The molecule has 0 saturated carbocycles. The summed E-state index contributed by atoms with van der Waals surface area (Å²) in [5.74, 6) is -6.32. The Kier molecular flexibility index (Phi) is 20.8. The highest BCUT2D eigenvalue weighted by atomic mass is 31.2. The SMILES string of the molecule is CO[C@H]1O[C@H](COP(OC)O[C@H]2O[C@H](COC(=O)c3ccccc3)[C@@H](OC(=O)c3ccccc3)[C@H](OC(=O)c3ccccc3)[C@@H]2OC(=O)c2ccccc2)[C@H](OC(=O)c2ccccc2)[C@H](OC(=O)c2ccccc2)[C@H]1OC(=O)c1ccccc1. The number of carbonyl (C=O) groups excluding carboxylic acids is 7. The molecule has 0 aromatic heterocycles. The Morgan fingerprint density at radius 1 is 0.333 bits per heavy atom. The second-order valence-electron chi connectivity index (χ2n) is 18.5. The molecular weight excluding hydrogens is 1110 g/mol. The Hall–Kier alpha value is -8.98. The molecule has 20 nitrogen and oxygen atoms in total. The van der Waals surface area contributed by atoms with Crippen molar-refractivity contribution in [1.29, 1.82) is 0 Å². The third-order valence-corrected chi connectivity index (χ3v) is 14.0. The van der Waals surface area contributed by atoms with E-state index in [1.165, 1.54) is 99.1 Å². The molecule has 2 aliphatic heterocycles. The first-order valence-electron chi connectivity index (χ1n) is 26.2. The molecule has 1 unspecified atom stereocenters. The summed E-state index contributed by atoms with van der Waals surface area (Å²) in [6, 6.07) is 55.1. The van der Waals surface area contributed by atoms with Crippen LogP contribution in [-0.2, 0) is 60.9 Å². The molecule has 0 N–H and O–H groups in total. The van der Waals surface area contributed by atoms with Crippen molar-refractivity contribution in [2.24, 2.45) is 0 Å². The lowest BCUT2D eigenvalue weighted by molar-refractivity contribution is -0.292. The molecule has 11 atom stereocenters. The molecule has 9 rings (SSSR count). The fraction of sp³-hybridized carbons (Fsp3) is 0.222. The third-order valence-electron chi connectivity index (χ3n) is 13.0. The van der Waals surface area contributed by atoms with Crippen molar-refractivity contribution in [3.63, 3.8) is 0 Å². The van der Waals surface area contributed by atoms with Crippen LogP contribution in [0, 0.1) is 0 Å². The average Bonchev–Trinajstić information content (AvgIpc) is 3.18. The largest absolute Gasteiger partial charge is 0.459 e. The van der Waals surface area contributed by atoms with Crippen molar-refractivity contribution < 1.29 is 94.5 Å². The van der Waals surface area contributed by atoms with Gasteiger partial charge in [0.05, 0.1) is 45.6 Å². The van der Waals surface area contributed by atoms with Gasteiger partial charge in [0.2, 0.25) is 6.29 Å². The molecule has 7 aromatic rings. The summed E-state index contributed by atoms with van der Waals surface area (Å²) in [6.07, 6.45) is -16.8. The van der Waals surface area contributed by atoms with Crippen LogP contribution in [0.15, 0.2) is 212 Å². The van der Waals surface area contributed by atoms with E-state index in [0.717, 1.165) is 0 Å². The number of methoxy groups -OCH3 is 1. The van der Waals surface area contributed by atoms with Crippen LogP contribution in [0.3, 0.4) is 0 Å². The van der Waals surface area contributed by atoms with Crippen LogP contribution in [0.1, 0.15) is 72.5 Å². The number of hydrogen-bond acceptors (Lipinski definition) is 20. The molecule has 2 aliphatic rings. The van der Waals surface area contributed by atoms with Crippen molar-refractivity contribution >= 4 is 50.4 Å². The first-order chi connectivity index (χ1) is 41.0. The summed E-state index contributed by atoms with van der Waals surface area (Å²) < 4.78 is 80.0. The van der Waals surface area contributed by atoms with E-state index in [1.807, 2.05) is 0 Å². The fourth-order valence-corrected chi connectivity index (χ4v) is 9.72. The van der Waals surface area contributed by atoms with Crippen LogP contribution >= 0.6 is 8.60 Å². The third kappa shape index (κ3) is 15.4. The highest BCUT2D eigenvalue weighted by Crippen LogP contribution is 2.45. The molecule has 7 aromatic carbocycles. The van der Waals surface area contributed by atoms with E-state index in [2.05, 4.69) is 0 Å². The zero-order valence-corrected chi connectivity index (χ0v) is 45.9. The number of hydrogen-bond donors (Lipinski definition) is 0. The molecule has 0 radical (unpaired) electrons. The molecule has 2 saturated heterocycles. The maximum absolute atomic E-state index is 14.3. The minimum absolute atomic E-state index is 0.0416. The van der Waals surface area contributed by atoms with E-state index < -0.39 is 125 Å². The zero-order valence-electron chi connectivity index (χ0n) is 45.0. The number of carbonyl (C=O) groups is 7. The van der Waals surface area contributed by atoms with E-state index in [-0.39, 0.29) is 38.9 Å². The molecule has 0 aliphatic carbocycles. The molecule has 0 spiro atoms. The van der Waals surface area contributed by atoms with Gasteiger partial charge < -0.3 is 56.4 Å². The highest BCUT2D eigenvalue weighted by Gasteiger charge is 2.56. The van der Waals surface area contributed by atoms with Gasteiger partial charge in [0.1, 0.15) is 18.8 Å². The minimum Gasteiger partial charge on any atom is -0.459 e. The van der Waals surface area contributed by atoms with E-state index in [0.29, 0.717) is 0 Å². The monoisotopic (exact) mass is 1160 g/mol. The fourth-order valence-electron chi connectivity index (χ4n) is 8.86. The van der Waals surface area contributed by atoms with Gasteiger partial charge in [0.15, 0.2) is 42.9 Å². The van der Waals surface area contributed by atoms with Gasteiger partial charge in [-0.05, 0) is 84.9 Å². The maximum Gasteiger partial charge on any atom is 0.338 e. The van der Waals surface area contributed by atoms with Crippen molar-refractivity contribution in [2.75, 3.05) is 27.4 Å². The van der Waals surface area contributed by atoms with Gasteiger partial charge >= 0.3 is 50.4 Å². The van der Waals surface area contributed by atoms with E-state index in [9.17, 15) is 33.6 Å². The average molecular weight is 1160 g/mol. The lowest BCUT2D eigenvalue weighted by atomic mass is 9.97. The molecular formula is C63H55O20P. The number of benzene rings is 7. The van der Waals surface area contributed by atoms with E-state index >= 15 is 0 Å². The van der Waals surface area contributed by atoms with Gasteiger partial charge in [0, 0.05) is 14.2 Å². The lowest BCUT2D eigenvalue weighted by Crippen LogP contribution is -2.63. The Bertz CT molecular complexity index is 3290. The summed E-state index contributed by atoms with van der Waals surface area (Å²) in [4.78, 5) is 98.3. The predicted molar refractivity (Wildman–Crippen MR) is 296 cm³/mol. The normalized spacial score (nSPS) is 22.2. The molecule has 21 heteroatoms. The van der Waals surface area contributed by atoms with Crippen molar-refractivity contribution in [2.45, 2.75) is 61.4 Å². The van der Waals surface area contributed by atoms with Gasteiger partial charge in [-0.15, -0.1) is 0 Å². The Morgan fingerprint density at radius 2 is 0.595 bits per heavy atom. The molecule has 432 valence electrons. The van der Waals surface area contributed by atoms with E-state index in [4.69, 9.17) is 60.9 Å². The zero-order chi connectivity index (χ0) is 58.8. The van der Waals surface area contributed by atoms with E-state index in [1.54, 1.807) is 127 Å².